The second-order valence-electron chi connectivity index (χ2n) is 18.9. The predicted octanol–water partition coefficient (Wildman–Crippen LogP) is 16.9. The maximum absolute atomic E-state index is 12.5. The Morgan fingerprint density at radius 2 is 0.794 bits per heavy atom. The Bertz CT molecular complexity index is 1020. The van der Waals surface area contributed by atoms with Gasteiger partial charge < -0.3 is 20.3 Å². The van der Waals surface area contributed by atoms with Crippen LogP contribution in [0.15, 0.2) is 36.5 Å². The van der Waals surface area contributed by atoms with Gasteiger partial charge in [-0.25, -0.2) is 0 Å². The van der Waals surface area contributed by atoms with Crippen LogP contribution in [0.2, 0.25) is 0 Å². The lowest BCUT2D eigenvalue weighted by molar-refractivity contribution is -0.143. The van der Waals surface area contributed by atoms with Gasteiger partial charge in [0.2, 0.25) is 5.91 Å². The molecule has 0 fully saturated rings. The lowest BCUT2D eigenvalue weighted by Gasteiger charge is -2.22. The number of carbonyl (C=O) groups is 2. The first kappa shape index (κ1) is 61.1. The van der Waals surface area contributed by atoms with Gasteiger partial charge >= 0.3 is 5.97 Å². The molecule has 6 nitrogen and oxygen atoms in total. The number of allylic oxidation sites excluding steroid dienone is 6. The van der Waals surface area contributed by atoms with E-state index in [1.165, 1.54) is 180 Å². The van der Waals surface area contributed by atoms with Crippen molar-refractivity contribution >= 4 is 11.9 Å². The molecule has 0 aliphatic rings. The molecule has 3 N–H and O–H groups in total. The van der Waals surface area contributed by atoms with Gasteiger partial charge in [-0.05, 0) is 83.5 Å². The number of nitrogens with one attached hydrogen (secondary N) is 1. The Labute approximate surface area is 392 Å². The Morgan fingerprint density at radius 1 is 0.444 bits per heavy atom. The highest BCUT2D eigenvalue weighted by Crippen LogP contribution is 2.17. The molecule has 2 atom stereocenters. The molecule has 0 aromatic heterocycles. The van der Waals surface area contributed by atoms with E-state index in [1.807, 2.05) is 0 Å². The minimum Gasteiger partial charge on any atom is -0.466 e. The van der Waals surface area contributed by atoms with Crippen molar-refractivity contribution in [2.45, 2.75) is 302 Å². The zero-order chi connectivity index (χ0) is 45.8. The van der Waals surface area contributed by atoms with Gasteiger partial charge in [0.15, 0.2) is 0 Å². The third-order valence-electron chi connectivity index (χ3n) is 12.7. The summed E-state index contributed by atoms with van der Waals surface area (Å²) in [7, 11) is 0. The minimum atomic E-state index is -0.680. The second-order valence-corrected chi connectivity index (χ2v) is 18.9. The number of amides is 1. The van der Waals surface area contributed by atoms with Crippen molar-refractivity contribution in [3.05, 3.63) is 36.5 Å². The Balaban J connectivity index is 3.53. The normalized spacial score (nSPS) is 12.9. The molecule has 0 aliphatic heterocycles. The molecule has 370 valence electrons. The number of rotatable bonds is 51. The summed E-state index contributed by atoms with van der Waals surface area (Å²) in [5, 5.41) is 23.3. The van der Waals surface area contributed by atoms with E-state index in [1.54, 1.807) is 0 Å². The van der Waals surface area contributed by atoms with Crippen molar-refractivity contribution in [2.24, 2.45) is 0 Å². The first-order chi connectivity index (χ1) is 31.0. The van der Waals surface area contributed by atoms with Crippen molar-refractivity contribution in [3.63, 3.8) is 0 Å². The number of aliphatic hydroxyl groups excluding tert-OH is 2. The largest absolute Gasteiger partial charge is 0.466 e. The van der Waals surface area contributed by atoms with E-state index in [-0.39, 0.29) is 18.5 Å². The Hall–Kier alpha value is -1.92. The molecule has 0 bridgehead atoms. The Morgan fingerprint density at radius 3 is 1.25 bits per heavy atom. The van der Waals surface area contributed by atoms with E-state index in [2.05, 4.69) is 55.6 Å². The lowest BCUT2D eigenvalue weighted by atomic mass is 10.0. The molecule has 0 heterocycles. The first-order valence-electron chi connectivity index (χ1n) is 27.8. The van der Waals surface area contributed by atoms with E-state index in [0.717, 1.165) is 77.0 Å². The maximum atomic E-state index is 12.5. The van der Waals surface area contributed by atoms with E-state index in [4.69, 9.17) is 4.74 Å². The molecule has 6 heteroatoms. The van der Waals surface area contributed by atoms with Crippen molar-refractivity contribution in [1.29, 1.82) is 0 Å². The number of esters is 1. The van der Waals surface area contributed by atoms with Gasteiger partial charge in [0.25, 0.3) is 0 Å². The molecule has 63 heavy (non-hydrogen) atoms. The summed E-state index contributed by atoms with van der Waals surface area (Å²) in [6.07, 6.45) is 64.1. The van der Waals surface area contributed by atoms with Crippen molar-refractivity contribution in [2.75, 3.05) is 13.2 Å². The molecular formula is C57H107NO5. The van der Waals surface area contributed by atoms with E-state index in [9.17, 15) is 19.8 Å². The van der Waals surface area contributed by atoms with Crippen LogP contribution in [-0.2, 0) is 14.3 Å². The molecule has 0 aromatic carbocycles. The number of ether oxygens (including phenoxy) is 1. The number of hydrogen-bond acceptors (Lipinski definition) is 5. The summed E-state index contributed by atoms with van der Waals surface area (Å²) >= 11 is 0. The molecule has 0 aromatic rings. The second kappa shape index (κ2) is 52.7. The summed E-state index contributed by atoms with van der Waals surface area (Å²) < 4.78 is 5.43. The fraction of sp³-hybridized carbons (Fsp3) is 0.860. The van der Waals surface area contributed by atoms with Gasteiger partial charge in [-0.3, -0.25) is 9.59 Å². The fourth-order valence-corrected chi connectivity index (χ4v) is 8.39. The number of unbranched alkanes of at least 4 members (excludes halogenated alkanes) is 35. The minimum absolute atomic E-state index is 0.0318. The maximum Gasteiger partial charge on any atom is 0.305 e. The van der Waals surface area contributed by atoms with Gasteiger partial charge in [-0.1, -0.05) is 230 Å². The lowest BCUT2D eigenvalue weighted by Crippen LogP contribution is -2.45. The van der Waals surface area contributed by atoms with Crippen LogP contribution in [0, 0.1) is 0 Å². The van der Waals surface area contributed by atoms with Gasteiger partial charge in [-0.15, -0.1) is 0 Å². The highest BCUT2D eigenvalue weighted by Gasteiger charge is 2.20. The summed E-state index contributed by atoms with van der Waals surface area (Å²) in [5.74, 6) is -0.0883. The van der Waals surface area contributed by atoms with Crippen LogP contribution in [0.1, 0.15) is 290 Å². The monoisotopic (exact) mass is 886 g/mol. The van der Waals surface area contributed by atoms with Crippen LogP contribution < -0.4 is 5.32 Å². The van der Waals surface area contributed by atoms with Crippen molar-refractivity contribution in [3.8, 4) is 0 Å². The molecule has 0 aliphatic carbocycles. The molecule has 0 saturated carbocycles. The van der Waals surface area contributed by atoms with E-state index >= 15 is 0 Å². The third kappa shape index (κ3) is 49.4. The van der Waals surface area contributed by atoms with Crippen molar-refractivity contribution in [1.82, 2.24) is 5.32 Å². The van der Waals surface area contributed by atoms with E-state index in [0.29, 0.717) is 25.9 Å². The topological polar surface area (TPSA) is 95.9 Å². The Kier molecular flexibility index (Phi) is 51.1. The third-order valence-corrected chi connectivity index (χ3v) is 12.7. The van der Waals surface area contributed by atoms with Gasteiger partial charge in [-0.2, -0.15) is 0 Å². The number of carbonyl (C=O) groups excluding carboxylic acids is 2. The highest BCUT2D eigenvalue weighted by atomic mass is 16.5. The molecule has 0 saturated heterocycles. The quantitative estimate of drug-likeness (QED) is 0.0245. The molecule has 1 amide bonds. The molecule has 0 spiro atoms. The summed E-state index contributed by atoms with van der Waals surface area (Å²) in [6.45, 7) is 4.87. The summed E-state index contributed by atoms with van der Waals surface area (Å²) in [6, 6.07) is -0.559. The number of hydrogen-bond donors (Lipinski definition) is 3. The van der Waals surface area contributed by atoms with Gasteiger partial charge in [0.1, 0.15) is 0 Å². The zero-order valence-electron chi connectivity index (χ0n) is 42.1. The highest BCUT2D eigenvalue weighted by molar-refractivity contribution is 5.76. The smallest absolute Gasteiger partial charge is 0.305 e. The van der Waals surface area contributed by atoms with Crippen LogP contribution in [0.25, 0.3) is 0 Å². The van der Waals surface area contributed by atoms with Crippen LogP contribution in [0.4, 0.5) is 0 Å². The summed E-state index contributed by atoms with van der Waals surface area (Å²) in [5.41, 5.74) is 0. The predicted molar refractivity (Wildman–Crippen MR) is 273 cm³/mol. The van der Waals surface area contributed by atoms with Crippen LogP contribution in [0.5, 0.6) is 0 Å². The van der Waals surface area contributed by atoms with Crippen LogP contribution in [0.3, 0.4) is 0 Å². The standard InChI is InChI=1S/C57H107NO5/c1-3-5-7-9-11-13-15-17-18-19-20-21-23-26-29-33-37-41-45-49-55(60)54(53-59)58-56(61)50-46-42-38-34-30-27-24-22-25-28-32-36-40-44-48-52-63-57(62)51-47-43-39-35-31-16-14-12-10-8-6-4-2/h12,14,22,25,28,32,54-55,59-60H,3-11,13,15-21,23-24,26-27,29-31,33-53H2,1-2H3,(H,58,61)/b14-12-,25-22-,32-28-. The molecule has 0 radical (unpaired) electrons. The molecule has 2 unspecified atom stereocenters. The van der Waals surface area contributed by atoms with Crippen LogP contribution in [-0.4, -0.2) is 47.4 Å². The zero-order valence-corrected chi connectivity index (χ0v) is 42.1. The van der Waals surface area contributed by atoms with Crippen molar-refractivity contribution < 1.29 is 24.5 Å². The molecular weight excluding hydrogens is 779 g/mol. The fourth-order valence-electron chi connectivity index (χ4n) is 8.39. The SMILES string of the molecule is CCCCC/C=C\CCCCCCCC(=O)OCCCCC/C=C\C=C/CCCCCCCCC(=O)NC(CO)C(O)CCCCCCCCCCCCCCCCCCCCC. The van der Waals surface area contributed by atoms with Gasteiger partial charge in [0.05, 0.1) is 25.4 Å². The molecule has 0 rings (SSSR count). The first-order valence-corrected chi connectivity index (χ1v) is 27.8. The van der Waals surface area contributed by atoms with E-state index < -0.39 is 12.1 Å². The summed E-state index contributed by atoms with van der Waals surface area (Å²) in [4.78, 5) is 24.5. The van der Waals surface area contributed by atoms with Crippen LogP contribution >= 0.6 is 0 Å². The average molecular weight is 886 g/mol. The van der Waals surface area contributed by atoms with Gasteiger partial charge in [0, 0.05) is 12.8 Å². The number of aliphatic hydroxyl groups is 2. The average Bonchev–Trinajstić information content (AvgIpc) is 3.28.